The standard InChI is InChI=1S/C19H11N5O6S2/c25-18(13-3-1-2-4-15(13)24(28)29)22-20-10-12-6-8-17(30-12)32-19-21-14-7-5-11(23(26)27)9-16(14)31-19/h1-10H,(H,22,25). The van der Waals surface area contributed by atoms with Crippen LogP contribution in [-0.2, 0) is 0 Å². The lowest BCUT2D eigenvalue weighted by Crippen LogP contribution is -2.18. The number of amides is 1. The van der Waals surface area contributed by atoms with Gasteiger partial charge in [0.05, 0.1) is 26.3 Å². The molecule has 1 amide bonds. The number of rotatable bonds is 7. The molecule has 2 aromatic heterocycles. The maximum atomic E-state index is 12.1. The molecular formula is C19H11N5O6S2. The molecule has 0 radical (unpaired) electrons. The van der Waals surface area contributed by atoms with Crippen LogP contribution in [0.5, 0.6) is 0 Å². The molecule has 1 N–H and O–H groups in total. The molecule has 0 atom stereocenters. The van der Waals surface area contributed by atoms with Crippen molar-refractivity contribution < 1.29 is 19.1 Å². The van der Waals surface area contributed by atoms with Crippen LogP contribution in [0.3, 0.4) is 0 Å². The summed E-state index contributed by atoms with van der Waals surface area (Å²) < 4.78 is 6.94. The summed E-state index contributed by atoms with van der Waals surface area (Å²) in [5.74, 6) is -0.384. The molecule has 2 heterocycles. The van der Waals surface area contributed by atoms with Crippen LogP contribution in [0.15, 0.2) is 73.5 Å². The van der Waals surface area contributed by atoms with E-state index in [1.807, 2.05) is 0 Å². The molecule has 0 saturated carbocycles. The Labute approximate surface area is 187 Å². The van der Waals surface area contributed by atoms with Crippen LogP contribution in [-0.4, -0.2) is 27.0 Å². The molecular weight excluding hydrogens is 458 g/mol. The van der Waals surface area contributed by atoms with E-state index < -0.39 is 15.8 Å². The second-order valence-electron chi connectivity index (χ2n) is 6.12. The Morgan fingerprint density at radius 1 is 1.12 bits per heavy atom. The maximum Gasteiger partial charge on any atom is 0.282 e. The van der Waals surface area contributed by atoms with Crippen molar-refractivity contribution in [1.29, 1.82) is 0 Å². The zero-order chi connectivity index (χ0) is 22.7. The second kappa shape index (κ2) is 8.95. The van der Waals surface area contributed by atoms with Crippen molar-refractivity contribution in [3.8, 4) is 0 Å². The molecule has 0 aliphatic rings. The fourth-order valence-corrected chi connectivity index (χ4v) is 4.64. The molecule has 11 nitrogen and oxygen atoms in total. The number of fused-ring (bicyclic) bond motifs is 1. The van der Waals surface area contributed by atoms with Crippen LogP contribution in [0, 0.1) is 20.2 Å². The maximum absolute atomic E-state index is 12.1. The largest absolute Gasteiger partial charge is 0.448 e. The summed E-state index contributed by atoms with van der Waals surface area (Å²) in [5, 5.41) is 26.2. The highest BCUT2D eigenvalue weighted by Crippen LogP contribution is 2.36. The summed E-state index contributed by atoms with van der Waals surface area (Å²) in [5.41, 5.74) is 2.44. The lowest BCUT2D eigenvalue weighted by atomic mass is 10.2. The van der Waals surface area contributed by atoms with Crippen molar-refractivity contribution in [3.63, 3.8) is 0 Å². The Morgan fingerprint density at radius 3 is 2.72 bits per heavy atom. The monoisotopic (exact) mass is 469 g/mol. The summed E-state index contributed by atoms with van der Waals surface area (Å²) in [6.07, 6.45) is 1.26. The lowest BCUT2D eigenvalue weighted by Gasteiger charge is -2.00. The third-order valence-electron chi connectivity index (χ3n) is 4.06. The van der Waals surface area contributed by atoms with E-state index in [0.29, 0.717) is 25.4 Å². The quantitative estimate of drug-likeness (QED) is 0.234. The van der Waals surface area contributed by atoms with Gasteiger partial charge in [0.2, 0.25) is 0 Å². The minimum absolute atomic E-state index is 0.00271. The number of nitro benzene ring substituents is 2. The number of nitrogens with zero attached hydrogens (tertiary/aromatic N) is 4. The third kappa shape index (κ3) is 4.63. The number of nitrogens with one attached hydrogen (secondary N) is 1. The van der Waals surface area contributed by atoms with E-state index >= 15 is 0 Å². The molecule has 2 aromatic carbocycles. The first kappa shape index (κ1) is 21.1. The minimum atomic E-state index is -0.724. The number of carbonyl (C=O) groups is 1. The predicted octanol–water partition coefficient (Wildman–Crippen LogP) is 4.62. The molecule has 0 spiro atoms. The van der Waals surface area contributed by atoms with E-state index in [9.17, 15) is 25.0 Å². The molecule has 32 heavy (non-hydrogen) atoms. The van der Waals surface area contributed by atoms with Crippen molar-refractivity contribution in [2.24, 2.45) is 5.10 Å². The first-order valence-corrected chi connectivity index (χ1v) is 10.4. The number of benzene rings is 2. The molecule has 0 bridgehead atoms. The predicted molar refractivity (Wildman–Crippen MR) is 117 cm³/mol. The summed E-state index contributed by atoms with van der Waals surface area (Å²) in [6.45, 7) is 0. The summed E-state index contributed by atoms with van der Waals surface area (Å²) in [4.78, 5) is 37.4. The number of hydrazone groups is 1. The smallest absolute Gasteiger partial charge is 0.282 e. The molecule has 0 unspecified atom stereocenters. The van der Waals surface area contributed by atoms with Gasteiger partial charge >= 0.3 is 0 Å². The van der Waals surface area contributed by atoms with Crippen LogP contribution < -0.4 is 5.43 Å². The Hall–Kier alpha value is -4.10. The average Bonchev–Trinajstić information content (AvgIpc) is 3.39. The number of nitro groups is 2. The van der Waals surface area contributed by atoms with Crippen molar-refractivity contribution in [2.45, 2.75) is 9.43 Å². The van der Waals surface area contributed by atoms with Crippen molar-refractivity contribution in [2.75, 3.05) is 0 Å². The van der Waals surface area contributed by atoms with Crippen LogP contribution in [0.4, 0.5) is 11.4 Å². The van der Waals surface area contributed by atoms with Gasteiger partial charge < -0.3 is 4.42 Å². The number of aromatic nitrogens is 1. The Kier molecular flexibility index (Phi) is 5.91. The summed E-state index contributed by atoms with van der Waals surface area (Å²) in [7, 11) is 0. The number of non-ortho nitro benzene ring substituents is 1. The fourth-order valence-electron chi connectivity index (χ4n) is 2.63. The third-order valence-corrected chi connectivity index (χ3v) is 6.06. The summed E-state index contributed by atoms with van der Waals surface area (Å²) >= 11 is 2.53. The molecule has 0 aliphatic heterocycles. The minimum Gasteiger partial charge on any atom is -0.448 e. The number of carbonyl (C=O) groups excluding carboxylic acids is 1. The van der Waals surface area contributed by atoms with Crippen LogP contribution >= 0.6 is 23.1 Å². The molecule has 0 aliphatic carbocycles. The topological polar surface area (TPSA) is 154 Å². The van der Waals surface area contributed by atoms with Gasteiger partial charge in [-0.15, -0.1) is 11.3 Å². The first-order valence-electron chi connectivity index (χ1n) is 8.80. The molecule has 0 saturated heterocycles. The number of hydrogen-bond donors (Lipinski definition) is 1. The van der Waals surface area contributed by atoms with Crippen molar-refractivity contribution >= 4 is 56.8 Å². The fraction of sp³-hybridized carbons (Fsp3) is 0. The van der Waals surface area contributed by atoms with Gasteiger partial charge in [0.1, 0.15) is 11.3 Å². The Bertz CT molecular complexity index is 1380. The molecule has 0 fully saturated rings. The molecule has 4 aromatic rings. The zero-order valence-corrected chi connectivity index (χ0v) is 17.5. The first-order chi connectivity index (χ1) is 15.4. The van der Waals surface area contributed by atoms with E-state index in [-0.39, 0.29) is 16.9 Å². The normalized spacial score (nSPS) is 11.1. The number of furan rings is 1. The Morgan fingerprint density at radius 2 is 1.94 bits per heavy atom. The molecule has 160 valence electrons. The number of hydrogen-bond acceptors (Lipinski definition) is 10. The van der Waals surface area contributed by atoms with Crippen LogP contribution in [0.2, 0.25) is 0 Å². The zero-order valence-electron chi connectivity index (χ0n) is 15.8. The summed E-state index contributed by atoms with van der Waals surface area (Å²) in [6, 6.07) is 13.3. The second-order valence-corrected chi connectivity index (χ2v) is 8.40. The highest BCUT2D eigenvalue weighted by Gasteiger charge is 2.18. The van der Waals surface area contributed by atoms with E-state index in [1.54, 1.807) is 18.2 Å². The van der Waals surface area contributed by atoms with Crippen LogP contribution in [0.25, 0.3) is 10.2 Å². The van der Waals surface area contributed by atoms with Gasteiger partial charge in [-0.1, -0.05) is 12.1 Å². The van der Waals surface area contributed by atoms with Gasteiger partial charge in [-0.3, -0.25) is 25.0 Å². The highest BCUT2D eigenvalue weighted by molar-refractivity contribution is 8.01. The van der Waals surface area contributed by atoms with E-state index in [1.165, 1.54) is 65.7 Å². The average molecular weight is 469 g/mol. The van der Waals surface area contributed by atoms with E-state index in [2.05, 4.69) is 15.5 Å². The van der Waals surface area contributed by atoms with E-state index in [0.717, 1.165) is 0 Å². The SMILES string of the molecule is O=C(NN=Cc1ccc(Sc2nc3ccc([N+](=O)[O-])cc3s2)o1)c1ccccc1[N+](=O)[O-]. The number of para-hydroxylation sites is 1. The van der Waals surface area contributed by atoms with Gasteiger partial charge in [0, 0.05) is 18.2 Å². The van der Waals surface area contributed by atoms with Gasteiger partial charge in [0.15, 0.2) is 9.43 Å². The Balaban J connectivity index is 1.41. The molecule has 4 rings (SSSR count). The van der Waals surface area contributed by atoms with Crippen LogP contribution in [0.1, 0.15) is 16.1 Å². The highest BCUT2D eigenvalue weighted by atomic mass is 32.2. The van der Waals surface area contributed by atoms with Crippen molar-refractivity contribution in [1.82, 2.24) is 10.4 Å². The lowest BCUT2D eigenvalue weighted by molar-refractivity contribution is -0.385. The van der Waals surface area contributed by atoms with Gasteiger partial charge in [-0.25, -0.2) is 10.4 Å². The molecule has 13 heteroatoms. The van der Waals surface area contributed by atoms with Gasteiger partial charge in [0.25, 0.3) is 17.3 Å². The van der Waals surface area contributed by atoms with E-state index in [4.69, 9.17) is 4.42 Å². The van der Waals surface area contributed by atoms with Gasteiger partial charge in [-0.2, -0.15) is 5.10 Å². The van der Waals surface area contributed by atoms with Gasteiger partial charge in [-0.05, 0) is 36.0 Å². The number of thiazole rings is 1. The van der Waals surface area contributed by atoms with Crippen molar-refractivity contribution in [3.05, 3.63) is 86.1 Å².